The molecule has 0 amide bonds. The number of ether oxygens (including phenoxy) is 1. The van der Waals surface area contributed by atoms with Crippen LogP contribution in [0.25, 0.3) is 0 Å². The van der Waals surface area contributed by atoms with Crippen LogP contribution >= 0.6 is 24.0 Å². The maximum Gasteiger partial charge on any atom is 0.191 e. The lowest BCUT2D eigenvalue weighted by Crippen LogP contribution is -2.38. The quantitative estimate of drug-likeness (QED) is 0.267. The van der Waals surface area contributed by atoms with E-state index in [2.05, 4.69) is 25.7 Å². The normalized spacial score (nSPS) is 11.0. The van der Waals surface area contributed by atoms with Gasteiger partial charge in [-0.3, -0.25) is 4.68 Å². The van der Waals surface area contributed by atoms with Crippen molar-refractivity contribution < 1.29 is 9.13 Å². The fourth-order valence-corrected chi connectivity index (χ4v) is 2.68. The molecule has 0 radical (unpaired) electrons. The van der Waals surface area contributed by atoms with E-state index in [1.165, 1.54) is 12.4 Å². The van der Waals surface area contributed by atoms with Gasteiger partial charge >= 0.3 is 0 Å². The molecule has 30 heavy (non-hydrogen) atoms. The molecule has 7 nitrogen and oxygen atoms in total. The summed E-state index contributed by atoms with van der Waals surface area (Å²) in [5.41, 5.74) is 0.875. The van der Waals surface area contributed by atoms with Crippen molar-refractivity contribution in [3.63, 3.8) is 0 Å². The Bertz CT molecular complexity index is 948. The van der Waals surface area contributed by atoms with Crippen molar-refractivity contribution in [2.45, 2.75) is 19.9 Å². The smallest absolute Gasteiger partial charge is 0.191 e. The van der Waals surface area contributed by atoms with Crippen molar-refractivity contribution in [1.82, 2.24) is 25.4 Å². The maximum absolute atomic E-state index is 14.4. The number of hydrogen-bond acceptors (Lipinski definition) is 4. The van der Waals surface area contributed by atoms with Gasteiger partial charge in [-0.05, 0) is 43.2 Å². The van der Waals surface area contributed by atoms with Crippen LogP contribution in [0, 0.1) is 5.82 Å². The third kappa shape index (κ3) is 6.97. The van der Waals surface area contributed by atoms with Crippen LogP contribution < -0.4 is 15.4 Å². The molecule has 0 bridgehead atoms. The largest absolute Gasteiger partial charge is 0.454 e. The molecule has 160 valence electrons. The SMILES string of the molecule is CCNC(=NCc1ncnn1C)NCCc1ccc(Oc2ccccc2)c(F)c1.I. The Kier molecular flexibility index (Phi) is 9.52. The second-order valence-corrected chi connectivity index (χ2v) is 6.35. The van der Waals surface area contributed by atoms with Crippen LogP contribution in [0.1, 0.15) is 18.3 Å². The highest BCUT2D eigenvalue weighted by Gasteiger charge is 2.07. The van der Waals surface area contributed by atoms with E-state index < -0.39 is 0 Å². The van der Waals surface area contributed by atoms with Crippen LogP contribution in [0.15, 0.2) is 59.9 Å². The molecule has 0 unspecified atom stereocenters. The summed E-state index contributed by atoms with van der Waals surface area (Å²) in [6, 6.07) is 14.2. The fraction of sp³-hybridized carbons (Fsp3) is 0.286. The first kappa shape index (κ1) is 23.6. The number of rotatable bonds is 8. The molecule has 0 atom stereocenters. The molecule has 0 saturated heterocycles. The van der Waals surface area contributed by atoms with E-state index in [4.69, 9.17) is 4.74 Å². The Labute approximate surface area is 192 Å². The van der Waals surface area contributed by atoms with E-state index >= 15 is 0 Å². The van der Waals surface area contributed by atoms with Crippen molar-refractivity contribution >= 4 is 29.9 Å². The zero-order valence-electron chi connectivity index (χ0n) is 17.0. The van der Waals surface area contributed by atoms with E-state index in [-0.39, 0.29) is 35.5 Å². The zero-order valence-corrected chi connectivity index (χ0v) is 19.3. The van der Waals surface area contributed by atoms with Gasteiger partial charge < -0.3 is 15.4 Å². The molecule has 2 aromatic carbocycles. The van der Waals surface area contributed by atoms with Gasteiger partial charge in [-0.15, -0.1) is 24.0 Å². The highest BCUT2D eigenvalue weighted by atomic mass is 127. The molecular formula is C21H26FIN6O. The minimum absolute atomic E-state index is 0. The second-order valence-electron chi connectivity index (χ2n) is 6.35. The number of aryl methyl sites for hydroxylation is 1. The van der Waals surface area contributed by atoms with Crippen LogP contribution in [-0.2, 0) is 20.0 Å². The maximum atomic E-state index is 14.4. The Morgan fingerprint density at radius 1 is 1.17 bits per heavy atom. The molecule has 0 fully saturated rings. The summed E-state index contributed by atoms with van der Waals surface area (Å²) in [4.78, 5) is 8.66. The van der Waals surface area contributed by atoms with Crippen LogP contribution in [0.4, 0.5) is 4.39 Å². The number of para-hydroxylation sites is 1. The van der Waals surface area contributed by atoms with Gasteiger partial charge in [-0.1, -0.05) is 24.3 Å². The zero-order chi connectivity index (χ0) is 20.5. The van der Waals surface area contributed by atoms with Crippen LogP contribution in [0.3, 0.4) is 0 Å². The molecule has 1 heterocycles. The number of guanidine groups is 1. The molecule has 9 heteroatoms. The Hall–Kier alpha value is -2.69. The first-order valence-electron chi connectivity index (χ1n) is 9.52. The lowest BCUT2D eigenvalue weighted by molar-refractivity contribution is 0.441. The Morgan fingerprint density at radius 3 is 2.63 bits per heavy atom. The minimum Gasteiger partial charge on any atom is -0.454 e. The number of aliphatic imine (C=N–C) groups is 1. The number of benzene rings is 2. The Balaban J connectivity index is 0.00000320. The summed E-state index contributed by atoms with van der Waals surface area (Å²) in [6.07, 6.45) is 2.15. The third-order valence-corrected chi connectivity index (χ3v) is 4.20. The van der Waals surface area contributed by atoms with Gasteiger partial charge in [0.15, 0.2) is 17.5 Å². The topological polar surface area (TPSA) is 76.4 Å². The first-order valence-corrected chi connectivity index (χ1v) is 9.52. The molecule has 0 aliphatic carbocycles. The van der Waals surface area contributed by atoms with Crippen molar-refractivity contribution in [1.29, 1.82) is 0 Å². The predicted octanol–water partition coefficient (Wildman–Crippen LogP) is 3.66. The number of aromatic nitrogens is 3. The monoisotopic (exact) mass is 524 g/mol. The molecule has 0 aliphatic heterocycles. The Morgan fingerprint density at radius 2 is 1.97 bits per heavy atom. The standard InChI is InChI=1S/C21H25FN6O.HI/c1-3-23-21(25-14-20-26-15-27-28(20)2)24-12-11-16-9-10-19(18(22)13-16)29-17-7-5-4-6-8-17;/h4-10,13,15H,3,11-12,14H2,1-2H3,(H2,23,24,25);1H. The number of halogens is 2. The van der Waals surface area contributed by atoms with Gasteiger partial charge in [-0.25, -0.2) is 14.4 Å². The van der Waals surface area contributed by atoms with Crippen molar-refractivity contribution in [3.8, 4) is 11.5 Å². The molecule has 1 aromatic heterocycles. The molecule has 2 N–H and O–H groups in total. The lowest BCUT2D eigenvalue weighted by atomic mass is 10.1. The van der Waals surface area contributed by atoms with E-state index in [0.717, 1.165) is 17.9 Å². The fourth-order valence-electron chi connectivity index (χ4n) is 2.68. The predicted molar refractivity (Wildman–Crippen MR) is 126 cm³/mol. The van der Waals surface area contributed by atoms with Gasteiger partial charge in [0, 0.05) is 20.1 Å². The summed E-state index contributed by atoms with van der Waals surface area (Å²) >= 11 is 0. The first-order chi connectivity index (χ1) is 14.2. The van der Waals surface area contributed by atoms with Gasteiger partial charge in [0.05, 0.1) is 0 Å². The molecule has 3 aromatic rings. The van der Waals surface area contributed by atoms with Crippen LogP contribution in [0.5, 0.6) is 11.5 Å². The molecule has 0 aliphatic rings. The van der Waals surface area contributed by atoms with Gasteiger partial charge in [0.25, 0.3) is 0 Å². The molecule has 3 rings (SSSR count). The number of nitrogens with zero attached hydrogens (tertiary/aromatic N) is 4. The van der Waals surface area contributed by atoms with Crippen molar-refractivity contribution in [2.75, 3.05) is 13.1 Å². The number of hydrogen-bond donors (Lipinski definition) is 2. The summed E-state index contributed by atoms with van der Waals surface area (Å²) in [5.74, 6) is 1.90. The van der Waals surface area contributed by atoms with Crippen molar-refractivity contribution in [3.05, 3.63) is 72.1 Å². The van der Waals surface area contributed by atoms with Gasteiger partial charge in [0.2, 0.25) is 0 Å². The van der Waals surface area contributed by atoms with E-state index in [1.54, 1.807) is 22.9 Å². The van der Waals surface area contributed by atoms with E-state index in [9.17, 15) is 4.39 Å². The van der Waals surface area contributed by atoms with Crippen LogP contribution in [-0.4, -0.2) is 33.8 Å². The summed E-state index contributed by atoms with van der Waals surface area (Å²) < 4.78 is 21.6. The van der Waals surface area contributed by atoms with Crippen molar-refractivity contribution in [2.24, 2.45) is 12.0 Å². The van der Waals surface area contributed by atoms with E-state index in [0.29, 0.717) is 31.2 Å². The highest BCUT2D eigenvalue weighted by Crippen LogP contribution is 2.24. The molecule has 0 spiro atoms. The summed E-state index contributed by atoms with van der Waals surface area (Å²) in [7, 11) is 1.83. The van der Waals surface area contributed by atoms with Gasteiger partial charge in [-0.2, -0.15) is 5.10 Å². The lowest BCUT2D eigenvalue weighted by Gasteiger charge is -2.12. The number of nitrogens with one attached hydrogen (secondary N) is 2. The average molecular weight is 524 g/mol. The molecule has 0 saturated carbocycles. The second kappa shape index (κ2) is 12.1. The van der Waals surface area contributed by atoms with Gasteiger partial charge in [0.1, 0.15) is 24.4 Å². The molecular weight excluding hydrogens is 498 g/mol. The summed E-state index contributed by atoms with van der Waals surface area (Å²) in [6.45, 7) is 3.78. The van der Waals surface area contributed by atoms with E-state index in [1.807, 2.05) is 38.2 Å². The third-order valence-electron chi connectivity index (χ3n) is 4.20. The minimum atomic E-state index is -0.380. The average Bonchev–Trinajstić information content (AvgIpc) is 3.14. The highest BCUT2D eigenvalue weighted by molar-refractivity contribution is 14.0. The van der Waals surface area contributed by atoms with Crippen LogP contribution in [0.2, 0.25) is 0 Å². The summed E-state index contributed by atoms with van der Waals surface area (Å²) in [5, 5.41) is 10.5.